The molecule has 1 heterocycles. The smallest absolute Gasteiger partial charge is 0.330 e. The van der Waals surface area contributed by atoms with Gasteiger partial charge < -0.3 is 9.15 Å². The predicted octanol–water partition coefficient (Wildman–Crippen LogP) is 2.46. The third-order valence-electron chi connectivity index (χ3n) is 1.66. The molecule has 0 N–H and O–H groups in total. The van der Waals surface area contributed by atoms with Crippen molar-refractivity contribution in [2.75, 3.05) is 0 Å². The van der Waals surface area contributed by atoms with Crippen LogP contribution in [0, 0.1) is 0 Å². The highest BCUT2D eigenvalue weighted by atomic mass is 16.5. The van der Waals surface area contributed by atoms with Gasteiger partial charge in [0.15, 0.2) is 6.10 Å². The first-order chi connectivity index (χ1) is 6.27. The van der Waals surface area contributed by atoms with E-state index in [1.165, 1.54) is 0 Å². The van der Waals surface area contributed by atoms with E-state index in [1.807, 2.05) is 6.92 Å². The molecule has 1 aromatic rings. The molecule has 0 radical (unpaired) electrons. The van der Waals surface area contributed by atoms with Crippen LogP contribution in [0.1, 0.15) is 25.2 Å². The summed E-state index contributed by atoms with van der Waals surface area (Å²) in [5.74, 6) is 0.237. The van der Waals surface area contributed by atoms with E-state index in [2.05, 4.69) is 6.58 Å². The molecule has 0 amide bonds. The topological polar surface area (TPSA) is 39.4 Å². The third kappa shape index (κ3) is 2.47. The number of furan rings is 1. The lowest BCUT2D eigenvalue weighted by molar-refractivity contribution is -0.144. The Balaban J connectivity index is 2.63. The van der Waals surface area contributed by atoms with E-state index in [0.29, 0.717) is 12.2 Å². The van der Waals surface area contributed by atoms with Crippen LogP contribution in [0.15, 0.2) is 35.5 Å². The van der Waals surface area contributed by atoms with E-state index in [9.17, 15) is 4.79 Å². The minimum atomic E-state index is -0.428. The van der Waals surface area contributed by atoms with Gasteiger partial charge in [-0.1, -0.05) is 13.5 Å². The van der Waals surface area contributed by atoms with Crippen molar-refractivity contribution in [1.29, 1.82) is 0 Å². The van der Waals surface area contributed by atoms with Crippen LogP contribution < -0.4 is 0 Å². The molecule has 0 aliphatic rings. The fourth-order valence-electron chi connectivity index (χ4n) is 1.01. The van der Waals surface area contributed by atoms with Gasteiger partial charge in [0.2, 0.25) is 0 Å². The van der Waals surface area contributed by atoms with Crippen LogP contribution in [0.25, 0.3) is 0 Å². The average Bonchev–Trinajstić information content (AvgIpc) is 2.66. The van der Waals surface area contributed by atoms with E-state index in [4.69, 9.17) is 9.15 Å². The fraction of sp³-hybridized carbons (Fsp3) is 0.300. The summed E-state index contributed by atoms with van der Waals surface area (Å²) in [6, 6.07) is 3.55. The molecular weight excluding hydrogens is 168 g/mol. The molecule has 0 saturated heterocycles. The van der Waals surface area contributed by atoms with E-state index >= 15 is 0 Å². The largest absolute Gasteiger partial charge is 0.465 e. The predicted molar refractivity (Wildman–Crippen MR) is 48.0 cm³/mol. The maximum Gasteiger partial charge on any atom is 0.330 e. The zero-order chi connectivity index (χ0) is 9.68. The minimum Gasteiger partial charge on any atom is -0.465 e. The monoisotopic (exact) mass is 180 g/mol. The van der Waals surface area contributed by atoms with Crippen LogP contribution in [-0.2, 0) is 9.53 Å². The summed E-state index contributed by atoms with van der Waals surface area (Å²) in [5.41, 5.74) is 0. The Morgan fingerprint density at radius 2 is 2.62 bits per heavy atom. The van der Waals surface area contributed by atoms with Crippen LogP contribution in [-0.4, -0.2) is 5.97 Å². The fourth-order valence-corrected chi connectivity index (χ4v) is 1.01. The SMILES string of the molecule is C=CC(=O)OC(CC)c1ccco1. The second kappa shape index (κ2) is 4.50. The Hall–Kier alpha value is -1.51. The Kier molecular flexibility index (Phi) is 3.31. The molecule has 13 heavy (non-hydrogen) atoms. The Morgan fingerprint density at radius 3 is 3.08 bits per heavy atom. The van der Waals surface area contributed by atoms with Crippen molar-refractivity contribution in [3.8, 4) is 0 Å². The number of hydrogen-bond acceptors (Lipinski definition) is 3. The maximum absolute atomic E-state index is 10.9. The van der Waals surface area contributed by atoms with E-state index in [-0.39, 0.29) is 6.10 Å². The van der Waals surface area contributed by atoms with Crippen molar-refractivity contribution >= 4 is 5.97 Å². The summed E-state index contributed by atoms with van der Waals surface area (Å²) >= 11 is 0. The van der Waals surface area contributed by atoms with Crippen LogP contribution in [0.3, 0.4) is 0 Å². The molecule has 1 aromatic heterocycles. The molecule has 70 valence electrons. The summed E-state index contributed by atoms with van der Waals surface area (Å²) in [6.07, 6.45) is 3.08. The number of carbonyl (C=O) groups excluding carboxylic acids is 1. The summed E-state index contributed by atoms with van der Waals surface area (Å²) in [4.78, 5) is 10.9. The highest BCUT2D eigenvalue weighted by Gasteiger charge is 2.15. The molecule has 0 aromatic carbocycles. The third-order valence-corrected chi connectivity index (χ3v) is 1.66. The normalized spacial score (nSPS) is 12.1. The zero-order valence-electron chi connectivity index (χ0n) is 7.53. The van der Waals surface area contributed by atoms with Gasteiger partial charge in [0, 0.05) is 6.08 Å². The van der Waals surface area contributed by atoms with Crippen LogP contribution in [0.4, 0.5) is 0 Å². The quantitative estimate of drug-likeness (QED) is 0.527. The summed E-state index contributed by atoms with van der Waals surface area (Å²) in [7, 11) is 0. The number of esters is 1. The summed E-state index contributed by atoms with van der Waals surface area (Å²) in [5, 5.41) is 0. The summed E-state index contributed by atoms with van der Waals surface area (Å²) < 4.78 is 10.2. The number of rotatable bonds is 4. The average molecular weight is 180 g/mol. The van der Waals surface area contributed by atoms with Crippen molar-refractivity contribution in [2.24, 2.45) is 0 Å². The van der Waals surface area contributed by atoms with Crippen molar-refractivity contribution in [2.45, 2.75) is 19.4 Å². The van der Waals surface area contributed by atoms with E-state index in [0.717, 1.165) is 6.08 Å². The number of hydrogen-bond donors (Lipinski definition) is 0. The first kappa shape index (κ1) is 9.58. The van der Waals surface area contributed by atoms with Gasteiger partial charge in [0.25, 0.3) is 0 Å². The molecular formula is C10H12O3. The number of ether oxygens (including phenoxy) is 1. The van der Waals surface area contributed by atoms with Crippen molar-refractivity contribution in [1.82, 2.24) is 0 Å². The highest BCUT2D eigenvalue weighted by molar-refractivity contribution is 5.81. The second-order valence-electron chi connectivity index (χ2n) is 2.55. The molecule has 3 nitrogen and oxygen atoms in total. The van der Waals surface area contributed by atoms with E-state index in [1.54, 1.807) is 18.4 Å². The Morgan fingerprint density at radius 1 is 1.85 bits per heavy atom. The molecule has 0 bridgehead atoms. The van der Waals surface area contributed by atoms with Gasteiger partial charge in [-0.2, -0.15) is 0 Å². The van der Waals surface area contributed by atoms with Crippen LogP contribution >= 0.6 is 0 Å². The molecule has 0 aliphatic heterocycles. The maximum atomic E-state index is 10.9. The van der Waals surface area contributed by atoms with Gasteiger partial charge in [-0.3, -0.25) is 0 Å². The van der Waals surface area contributed by atoms with Crippen molar-refractivity contribution < 1.29 is 13.9 Å². The van der Waals surface area contributed by atoms with Gasteiger partial charge in [-0.15, -0.1) is 0 Å². The molecule has 3 heteroatoms. The van der Waals surface area contributed by atoms with Crippen LogP contribution in [0.5, 0.6) is 0 Å². The zero-order valence-corrected chi connectivity index (χ0v) is 7.53. The molecule has 0 spiro atoms. The standard InChI is InChI=1S/C10H12O3/c1-3-8(13-10(11)4-2)9-6-5-7-12-9/h4-8H,2-3H2,1H3. The molecule has 1 unspecified atom stereocenters. The molecule has 0 saturated carbocycles. The van der Waals surface area contributed by atoms with Crippen molar-refractivity contribution in [3.63, 3.8) is 0 Å². The first-order valence-corrected chi connectivity index (χ1v) is 4.14. The van der Waals surface area contributed by atoms with Crippen LogP contribution in [0.2, 0.25) is 0 Å². The highest BCUT2D eigenvalue weighted by Crippen LogP contribution is 2.21. The second-order valence-corrected chi connectivity index (χ2v) is 2.55. The molecule has 1 rings (SSSR count). The van der Waals surface area contributed by atoms with Gasteiger partial charge in [-0.25, -0.2) is 4.79 Å². The first-order valence-electron chi connectivity index (χ1n) is 4.14. The lowest BCUT2D eigenvalue weighted by Crippen LogP contribution is -2.07. The lowest BCUT2D eigenvalue weighted by Gasteiger charge is -2.11. The molecule has 1 atom stereocenters. The minimum absolute atomic E-state index is 0.305. The van der Waals surface area contributed by atoms with Gasteiger partial charge in [0.05, 0.1) is 6.26 Å². The van der Waals surface area contributed by atoms with Gasteiger partial charge >= 0.3 is 5.97 Å². The Bertz CT molecular complexity index is 274. The molecule has 0 aliphatic carbocycles. The van der Waals surface area contributed by atoms with Crippen molar-refractivity contribution in [3.05, 3.63) is 36.8 Å². The number of carbonyl (C=O) groups is 1. The Labute approximate surface area is 77.0 Å². The summed E-state index contributed by atoms with van der Waals surface area (Å²) in [6.45, 7) is 5.24. The van der Waals surface area contributed by atoms with Gasteiger partial charge in [-0.05, 0) is 18.6 Å². The van der Waals surface area contributed by atoms with E-state index < -0.39 is 5.97 Å². The van der Waals surface area contributed by atoms with Gasteiger partial charge in [0.1, 0.15) is 5.76 Å². The lowest BCUT2D eigenvalue weighted by atomic mass is 10.2. The molecule has 0 fully saturated rings.